The number of methoxy groups -OCH3 is 1. The first kappa shape index (κ1) is 19.5. The standard InChI is InChI=1S/C23H20ClNO3/c1-16(15-22(26)17-7-11-19(27-2)12-8-17)25-18-9-13-20(14-10-18)28-23-6-4-3-5-21(23)24/h3-15,25H,1-2H3/b16-15+. The van der Waals surface area contributed by atoms with Crippen molar-refractivity contribution in [2.24, 2.45) is 0 Å². The Kier molecular flexibility index (Phi) is 6.35. The Morgan fingerprint density at radius 1 is 0.929 bits per heavy atom. The number of benzene rings is 3. The van der Waals surface area contributed by atoms with E-state index in [4.69, 9.17) is 21.1 Å². The van der Waals surface area contributed by atoms with Crippen molar-refractivity contribution in [1.82, 2.24) is 0 Å². The molecule has 0 saturated carbocycles. The van der Waals surface area contributed by atoms with Gasteiger partial charge in [0.1, 0.15) is 17.2 Å². The third-order valence-electron chi connectivity index (χ3n) is 3.98. The van der Waals surface area contributed by atoms with Gasteiger partial charge < -0.3 is 14.8 Å². The zero-order valence-electron chi connectivity index (χ0n) is 15.6. The fourth-order valence-corrected chi connectivity index (χ4v) is 2.73. The first-order valence-electron chi connectivity index (χ1n) is 8.71. The summed E-state index contributed by atoms with van der Waals surface area (Å²) in [5, 5.41) is 3.76. The average molecular weight is 394 g/mol. The van der Waals surface area contributed by atoms with Crippen LogP contribution in [0.2, 0.25) is 5.02 Å². The Morgan fingerprint density at radius 2 is 1.57 bits per heavy atom. The van der Waals surface area contributed by atoms with E-state index in [2.05, 4.69) is 5.32 Å². The van der Waals surface area contributed by atoms with Gasteiger partial charge in [0.15, 0.2) is 5.78 Å². The quantitative estimate of drug-likeness (QED) is 0.376. The monoisotopic (exact) mass is 393 g/mol. The van der Waals surface area contributed by atoms with E-state index in [1.54, 1.807) is 43.5 Å². The molecule has 0 aliphatic heterocycles. The van der Waals surface area contributed by atoms with E-state index in [1.165, 1.54) is 0 Å². The van der Waals surface area contributed by atoms with Crippen LogP contribution in [0.15, 0.2) is 84.6 Å². The molecule has 0 aliphatic carbocycles. The van der Waals surface area contributed by atoms with Crippen LogP contribution in [0, 0.1) is 0 Å². The van der Waals surface area contributed by atoms with Gasteiger partial charge in [-0.3, -0.25) is 4.79 Å². The molecule has 3 rings (SSSR count). The fourth-order valence-electron chi connectivity index (χ4n) is 2.56. The van der Waals surface area contributed by atoms with Crippen molar-refractivity contribution in [1.29, 1.82) is 0 Å². The number of carbonyl (C=O) groups is 1. The SMILES string of the molecule is COc1ccc(C(=O)/C=C(\C)Nc2ccc(Oc3ccccc3Cl)cc2)cc1. The van der Waals surface area contributed by atoms with Crippen molar-refractivity contribution in [2.75, 3.05) is 12.4 Å². The van der Waals surface area contributed by atoms with Gasteiger partial charge in [0.05, 0.1) is 12.1 Å². The predicted octanol–water partition coefficient (Wildman–Crippen LogP) is 6.34. The first-order valence-corrected chi connectivity index (χ1v) is 9.09. The smallest absolute Gasteiger partial charge is 0.187 e. The highest BCUT2D eigenvalue weighted by atomic mass is 35.5. The number of hydrogen-bond acceptors (Lipinski definition) is 4. The third-order valence-corrected chi connectivity index (χ3v) is 4.29. The summed E-state index contributed by atoms with van der Waals surface area (Å²) in [5.74, 6) is 1.92. The Morgan fingerprint density at radius 3 is 2.21 bits per heavy atom. The molecular formula is C23H20ClNO3. The number of ketones is 1. The molecule has 4 nitrogen and oxygen atoms in total. The van der Waals surface area contributed by atoms with Crippen LogP contribution in [0.25, 0.3) is 0 Å². The number of ether oxygens (including phenoxy) is 2. The number of rotatable bonds is 7. The largest absolute Gasteiger partial charge is 0.497 e. The third kappa shape index (κ3) is 5.15. The van der Waals surface area contributed by atoms with Gasteiger partial charge in [-0.1, -0.05) is 23.7 Å². The molecule has 0 aliphatic rings. The average Bonchev–Trinajstić information content (AvgIpc) is 2.71. The minimum atomic E-state index is -0.0775. The van der Waals surface area contributed by atoms with E-state index in [9.17, 15) is 4.79 Å². The van der Waals surface area contributed by atoms with Crippen LogP contribution in [-0.2, 0) is 0 Å². The Hall–Kier alpha value is -3.24. The molecule has 0 atom stereocenters. The van der Waals surface area contributed by atoms with Gasteiger partial charge in [-0.05, 0) is 67.6 Å². The second-order valence-corrected chi connectivity index (χ2v) is 6.51. The van der Waals surface area contributed by atoms with Gasteiger partial charge in [-0.2, -0.15) is 0 Å². The second-order valence-electron chi connectivity index (χ2n) is 6.10. The summed E-state index contributed by atoms with van der Waals surface area (Å²) in [6, 6.07) is 21.8. The van der Waals surface area contributed by atoms with E-state index in [0.717, 1.165) is 17.1 Å². The summed E-state index contributed by atoms with van der Waals surface area (Å²) < 4.78 is 10.9. The molecule has 28 heavy (non-hydrogen) atoms. The molecule has 3 aromatic carbocycles. The number of hydrogen-bond donors (Lipinski definition) is 1. The van der Waals surface area contributed by atoms with Crippen LogP contribution >= 0.6 is 11.6 Å². The molecule has 142 valence electrons. The first-order chi connectivity index (χ1) is 13.5. The maximum Gasteiger partial charge on any atom is 0.187 e. The number of carbonyl (C=O) groups excluding carboxylic acids is 1. The van der Waals surface area contributed by atoms with Gasteiger partial charge in [0.25, 0.3) is 0 Å². The Bertz CT molecular complexity index is 979. The Labute approximate surface area is 169 Å². The molecule has 0 unspecified atom stereocenters. The number of nitrogens with one attached hydrogen (secondary N) is 1. The van der Waals surface area contributed by atoms with E-state index in [0.29, 0.717) is 22.1 Å². The van der Waals surface area contributed by atoms with Gasteiger partial charge in [0, 0.05) is 23.0 Å². The normalized spacial score (nSPS) is 11.0. The molecule has 0 radical (unpaired) electrons. The summed E-state index contributed by atoms with van der Waals surface area (Å²) in [5.41, 5.74) is 2.19. The Balaban J connectivity index is 1.63. The minimum Gasteiger partial charge on any atom is -0.497 e. The lowest BCUT2D eigenvalue weighted by Crippen LogP contribution is -2.01. The van der Waals surface area contributed by atoms with Gasteiger partial charge in [0.2, 0.25) is 0 Å². The van der Waals surface area contributed by atoms with Crippen molar-refractivity contribution >= 4 is 23.1 Å². The van der Waals surface area contributed by atoms with Gasteiger partial charge in [-0.25, -0.2) is 0 Å². The van der Waals surface area contributed by atoms with Crippen molar-refractivity contribution in [3.8, 4) is 17.2 Å². The maximum absolute atomic E-state index is 12.3. The topological polar surface area (TPSA) is 47.6 Å². The molecule has 1 N–H and O–H groups in total. The molecule has 0 aromatic heterocycles. The lowest BCUT2D eigenvalue weighted by Gasteiger charge is -2.10. The van der Waals surface area contributed by atoms with E-state index >= 15 is 0 Å². The summed E-state index contributed by atoms with van der Waals surface area (Å²) >= 11 is 6.11. The van der Waals surface area contributed by atoms with Crippen LogP contribution in [-0.4, -0.2) is 12.9 Å². The van der Waals surface area contributed by atoms with E-state index in [-0.39, 0.29) is 5.78 Å². The maximum atomic E-state index is 12.3. The number of para-hydroxylation sites is 1. The van der Waals surface area contributed by atoms with Crippen molar-refractivity contribution in [2.45, 2.75) is 6.92 Å². The predicted molar refractivity (Wildman–Crippen MR) is 113 cm³/mol. The molecular weight excluding hydrogens is 374 g/mol. The van der Waals surface area contributed by atoms with Gasteiger partial charge >= 0.3 is 0 Å². The molecule has 3 aromatic rings. The molecule has 0 saturated heterocycles. The van der Waals surface area contributed by atoms with E-state index < -0.39 is 0 Å². The highest BCUT2D eigenvalue weighted by Crippen LogP contribution is 2.29. The van der Waals surface area contributed by atoms with Crippen LogP contribution in [0.1, 0.15) is 17.3 Å². The number of halogens is 1. The zero-order valence-corrected chi connectivity index (χ0v) is 16.4. The van der Waals surface area contributed by atoms with Crippen LogP contribution in [0.5, 0.6) is 17.2 Å². The number of anilines is 1. The zero-order chi connectivity index (χ0) is 19.9. The molecule has 0 bridgehead atoms. The van der Waals surface area contributed by atoms with Crippen molar-refractivity contribution in [3.05, 3.63) is 95.2 Å². The lowest BCUT2D eigenvalue weighted by molar-refractivity contribution is 0.104. The molecule has 0 fully saturated rings. The lowest BCUT2D eigenvalue weighted by atomic mass is 10.1. The fraction of sp³-hybridized carbons (Fsp3) is 0.0870. The van der Waals surface area contributed by atoms with Crippen LogP contribution in [0.3, 0.4) is 0 Å². The number of allylic oxidation sites excluding steroid dienone is 2. The highest BCUT2D eigenvalue weighted by molar-refractivity contribution is 6.32. The summed E-state index contributed by atoms with van der Waals surface area (Å²) in [6.07, 6.45) is 1.57. The van der Waals surface area contributed by atoms with Crippen molar-refractivity contribution < 1.29 is 14.3 Å². The summed E-state index contributed by atoms with van der Waals surface area (Å²) in [7, 11) is 1.59. The molecule has 0 amide bonds. The second kappa shape index (κ2) is 9.11. The molecule has 0 heterocycles. The molecule has 0 spiro atoms. The van der Waals surface area contributed by atoms with E-state index in [1.807, 2.05) is 49.4 Å². The van der Waals surface area contributed by atoms with Crippen molar-refractivity contribution in [3.63, 3.8) is 0 Å². The van der Waals surface area contributed by atoms with Crippen LogP contribution in [0.4, 0.5) is 5.69 Å². The minimum absolute atomic E-state index is 0.0775. The summed E-state index contributed by atoms with van der Waals surface area (Å²) in [6.45, 7) is 1.84. The molecule has 5 heteroatoms. The van der Waals surface area contributed by atoms with Gasteiger partial charge in [-0.15, -0.1) is 0 Å². The highest BCUT2D eigenvalue weighted by Gasteiger charge is 2.05. The van der Waals surface area contributed by atoms with Crippen LogP contribution < -0.4 is 14.8 Å². The summed E-state index contributed by atoms with van der Waals surface area (Å²) in [4.78, 5) is 12.3.